The lowest BCUT2D eigenvalue weighted by molar-refractivity contribution is -0.149. The highest BCUT2D eigenvalue weighted by Gasteiger charge is 2.16. The molecule has 0 aromatic heterocycles. The summed E-state index contributed by atoms with van der Waals surface area (Å²) in [5, 5.41) is 2.56. The SMILES string of the molecule is CCCCCOC(=O)C(CC)CCNC=O. The topological polar surface area (TPSA) is 55.4 Å². The minimum absolute atomic E-state index is 0.0888. The van der Waals surface area contributed by atoms with Crippen molar-refractivity contribution in [2.24, 2.45) is 5.92 Å². The first-order valence-electron chi connectivity index (χ1n) is 6.09. The summed E-state index contributed by atoms with van der Waals surface area (Å²) in [4.78, 5) is 21.7. The second-order valence-electron chi connectivity index (χ2n) is 3.84. The molecule has 4 nitrogen and oxygen atoms in total. The van der Waals surface area contributed by atoms with Gasteiger partial charge in [0.15, 0.2) is 0 Å². The van der Waals surface area contributed by atoms with E-state index in [-0.39, 0.29) is 11.9 Å². The summed E-state index contributed by atoms with van der Waals surface area (Å²) in [5.74, 6) is -0.222. The average molecular weight is 229 g/mol. The van der Waals surface area contributed by atoms with Crippen LogP contribution in [0.5, 0.6) is 0 Å². The zero-order valence-electron chi connectivity index (χ0n) is 10.3. The van der Waals surface area contributed by atoms with Crippen LogP contribution in [0, 0.1) is 5.92 Å². The number of hydrogen-bond acceptors (Lipinski definition) is 3. The van der Waals surface area contributed by atoms with E-state index >= 15 is 0 Å². The Labute approximate surface area is 97.7 Å². The molecule has 0 fully saturated rings. The molecule has 1 N–H and O–H groups in total. The molecule has 0 aliphatic heterocycles. The maximum atomic E-state index is 11.6. The van der Waals surface area contributed by atoms with Crippen LogP contribution in [-0.4, -0.2) is 25.5 Å². The number of rotatable bonds is 10. The second-order valence-corrected chi connectivity index (χ2v) is 3.84. The van der Waals surface area contributed by atoms with Crippen LogP contribution in [0.25, 0.3) is 0 Å². The van der Waals surface area contributed by atoms with Crippen molar-refractivity contribution in [1.82, 2.24) is 5.32 Å². The summed E-state index contributed by atoms with van der Waals surface area (Å²) in [5.41, 5.74) is 0. The van der Waals surface area contributed by atoms with Crippen LogP contribution in [-0.2, 0) is 14.3 Å². The van der Waals surface area contributed by atoms with Gasteiger partial charge in [-0.1, -0.05) is 26.7 Å². The molecule has 4 heteroatoms. The van der Waals surface area contributed by atoms with E-state index < -0.39 is 0 Å². The predicted molar refractivity (Wildman–Crippen MR) is 62.9 cm³/mol. The van der Waals surface area contributed by atoms with Gasteiger partial charge in [-0.05, 0) is 19.3 Å². The maximum absolute atomic E-state index is 11.6. The zero-order chi connectivity index (χ0) is 12.2. The number of amides is 1. The van der Waals surface area contributed by atoms with Gasteiger partial charge in [0.25, 0.3) is 0 Å². The summed E-state index contributed by atoms with van der Waals surface area (Å²) in [6.07, 6.45) is 5.22. The fraction of sp³-hybridized carbons (Fsp3) is 0.833. The molecule has 0 rings (SSSR count). The van der Waals surface area contributed by atoms with Crippen LogP contribution >= 0.6 is 0 Å². The molecule has 94 valence electrons. The van der Waals surface area contributed by atoms with Crippen molar-refractivity contribution in [3.8, 4) is 0 Å². The molecule has 1 amide bonds. The van der Waals surface area contributed by atoms with Gasteiger partial charge in [-0.2, -0.15) is 0 Å². The summed E-state index contributed by atoms with van der Waals surface area (Å²) in [6, 6.07) is 0. The molecule has 1 unspecified atom stereocenters. The van der Waals surface area contributed by atoms with Crippen molar-refractivity contribution in [3.63, 3.8) is 0 Å². The molecule has 1 atom stereocenters. The average Bonchev–Trinajstić information content (AvgIpc) is 2.30. The predicted octanol–water partition coefficient (Wildman–Crippen LogP) is 1.88. The number of esters is 1. The van der Waals surface area contributed by atoms with Gasteiger partial charge in [0.2, 0.25) is 6.41 Å². The standard InChI is InChI=1S/C12H23NO3/c1-3-5-6-9-16-12(15)11(4-2)7-8-13-10-14/h10-11H,3-9H2,1-2H3,(H,13,14). The summed E-state index contributed by atoms with van der Waals surface area (Å²) >= 11 is 0. The Bertz CT molecular complexity index is 195. The Balaban J connectivity index is 3.68. The van der Waals surface area contributed by atoms with E-state index in [4.69, 9.17) is 4.74 Å². The Morgan fingerprint density at radius 2 is 2.12 bits per heavy atom. The van der Waals surface area contributed by atoms with E-state index in [1.807, 2.05) is 6.92 Å². The van der Waals surface area contributed by atoms with Crippen molar-refractivity contribution >= 4 is 12.4 Å². The molecule has 16 heavy (non-hydrogen) atoms. The first-order valence-corrected chi connectivity index (χ1v) is 6.09. The molecule has 0 spiro atoms. The zero-order valence-corrected chi connectivity index (χ0v) is 10.3. The Hall–Kier alpha value is -1.06. The first-order chi connectivity index (χ1) is 7.76. The van der Waals surface area contributed by atoms with E-state index in [2.05, 4.69) is 12.2 Å². The number of carbonyl (C=O) groups excluding carboxylic acids is 2. The van der Waals surface area contributed by atoms with Gasteiger partial charge in [-0.3, -0.25) is 9.59 Å². The Kier molecular flexibility index (Phi) is 9.76. The van der Waals surface area contributed by atoms with Gasteiger partial charge in [0.1, 0.15) is 0 Å². The summed E-state index contributed by atoms with van der Waals surface area (Å²) < 4.78 is 5.17. The highest BCUT2D eigenvalue weighted by Crippen LogP contribution is 2.10. The molecular formula is C12H23NO3. The van der Waals surface area contributed by atoms with Gasteiger partial charge in [-0.15, -0.1) is 0 Å². The van der Waals surface area contributed by atoms with Crippen LogP contribution in [0.3, 0.4) is 0 Å². The molecular weight excluding hydrogens is 206 g/mol. The van der Waals surface area contributed by atoms with Gasteiger partial charge < -0.3 is 10.1 Å². The first kappa shape index (κ1) is 14.9. The lowest BCUT2D eigenvalue weighted by Crippen LogP contribution is -2.23. The number of carbonyl (C=O) groups is 2. The van der Waals surface area contributed by atoms with Crippen LogP contribution in [0.15, 0.2) is 0 Å². The molecule has 0 saturated heterocycles. The van der Waals surface area contributed by atoms with Gasteiger partial charge in [0.05, 0.1) is 12.5 Å². The lowest BCUT2D eigenvalue weighted by Gasteiger charge is -2.13. The lowest BCUT2D eigenvalue weighted by atomic mass is 10.0. The molecule has 0 aromatic rings. The highest BCUT2D eigenvalue weighted by molar-refractivity contribution is 5.72. The van der Waals surface area contributed by atoms with Crippen molar-refractivity contribution in [2.45, 2.75) is 46.0 Å². The Morgan fingerprint density at radius 1 is 1.38 bits per heavy atom. The third-order valence-corrected chi connectivity index (χ3v) is 2.54. The molecule has 0 radical (unpaired) electrons. The Morgan fingerprint density at radius 3 is 2.69 bits per heavy atom. The monoisotopic (exact) mass is 229 g/mol. The molecule has 0 saturated carbocycles. The molecule has 0 heterocycles. The number of nitrogens with one attached hydrogen (secondary N) is 1. The molecule has 0 aliphatic carbocycles. The van der Waals surface area contributed by atoms with Gasteiger partial charge >= 0.3 is 5.97 Å². The van der Waals surface area contributed by atoms with E-state index in [0.717, 1.165) is 25.7 Å². The minimum atomic E-state index is -0.133. The fourth-order valence-electron chi connectivity index (χ4n) is 1.45. The molecule has 0 aromatic carbocycles. The summed E-state index contributed by atoms with van der Waals surface area (Å²) in [6.45, 7) is 5.12. The largest absolute Gasteiger partial charge is 0.465 e. The molecule has 0 aliphatic rings. The third kappa shape index (κ3) is 7.26. The van der Waals surface area contributed by atoms with Crippen molar-refractivity contribution < 1.29 is 14.3 Å². The minimum Gasteiger partial charge on any atom is -0.465 e. The van der Waals surface area contributed by atoms with Crippen molar-refractivity contribution in [2.75, 3.05) is 13.2 Å². The maximum Gasteiger partial charge on any atom is 0.308 e. The van der Waals surface area contributed by atoms with Gasteiger partial charge in [-0.25, -0.2) is 0 Å². The van der Waals surface area contributed by atoms with Crippen LogP contribution in [0.2, 0.25) is 0 Å². The van der Waals surface area contributed by atoms with Crippen LogP contribution in [0.1, 0.15) is 46.0 Å². The number of unbranched alkanes of at least 4 members (excludes halogenated alkanes) is 2. The third-order valence-electron chi connectivity index (χ3n) is 2.54. The van der Waals surface area contributed by atoms with Crippen molar-refractivity contribution in [1.29, 1.82) is 0 Å². The highest BCUT2D eigenvalue weighted by atomic mass is 16.5. The summed E-state index contributed by atoms with van der Waals surface area (Å²) in [7, 11) is 0. The van der Waals surface area contributed by atoms with E-state index in [1.165, 1.54) is 0 Å². The normalized spacial score (nSPS) is 11.9. The smallest absolute Gasteiger partial charge is 0.308 e. The van der Waals surface area contributed by atoms with Crippen molar-refractivity contribution in [3.05, 3.63) is 0 Å². The van der Waals surface area contributed by atoms with E-state index in [9.17, 15) is 9.59 Å². The van der Waals surface area contributed by atoms with Gasteiger partial charge in [0, 0.05) is 6.54 Å². The van der Waals surface area contributed by atoms with Crippen LogP contribution in [0.4, 0.5) is 0 Å². The molecule has 0 bridgehead atoms. The quantitative estimate of drug-likeness (QED) is 0.353. The van der Waals surface area contributed by atoms with Crippen LogP contribution < -0.4 is 5.32 Å². The van der Waals surface area contributed by atoms with E-state index in [1.54, 1.807) is 0 Å². The number of hydrogen-bond donors (Lipinski definition) is 1. The second kappa shape index (κ2) is 10.5. The van der Waals surface area contributed by atoms with E-state index in [0.29, 0.717) is 26.0 Å². The number of ether oxygens (including phenoxy) is 1. The fourth-order valence-corrected chi connectivity index (χ4v) is 1.45.